The number of carbonyl (C=O) groups is 3. The third-order valence-corrected chi connectivity index (χ3v) is 7.40. The second-order valence-corrected chi connectivity index (χ2v) is 9.59. The van der Waals surface area contributed by atoms with Crippen molar-refractivity contribution in [3.63, 3.8) is 0 Å². The Kier molecular flexibility index (Phi) is 6.37. The monoisotopic (exact) mass is 493 g/mol. The van der Waals surface area contributed by atoms with Crippen LogP contribution in [-0.2, 0) is 19.1 Å². The number of nitrogens with one attached hydrogen (secondary N) is 2. The molecule has 3 N–H and O–H groups in total. The summed E-state index contributed by atoms with van der Waals surface area (Å²) in [7, 11) is 0. The van der Waals surface area contributed by atoms with Crippen LogP contribution in [0.15, 0.2) is 30.3 Å². The number of benzene rings is 1. The van der Waals surface area contributed by atoms with Gasteiger partial charge in [-0.25, -0.2) is 0 Å². The van der Waals surface area contributed by atoms with Crippen LogP contribution in [0.2, 0.25) is 0 Å². The van der Waals surface area contributed by atoms with Crippen LogP contribution in [0.3, 0.4) is 0 Å². The van der Waals surface area contributed by atoms with Gasteiger partial charge < -0.3 is 25.4 Å². The lowest BCUT2D eigenvalue weighted by Gasteiger charge is -2.34. The van der Waals surface area contributed by atoms with Gasteiger partial charge in [-0.2, -0.15) is 0 Å². The molecule has 0 aliphatic carbocycles. The number of anilines is 1. The summed E-state index contributed by atoms with van der Waals surface area (Å²) < 4.78 is 6.34. The number of ether oxygens (including phenoxy) is 1. The molecular formula is C22H28BrN3O5. The van der Waals surface area contributed by atoms with Crippen LogP contribution in [0.5, 0.6) is 0 Å². The van der Waals surface area contributed by atoms with E-state index in [2.05, 4.69) is 26.6 Å². The number of unbranched alkanes of at least 4 members (excludes halogenated alkanes) is 1. The predicted molar refractivity (Wildman–Crippen MR) is 117 cm³/mol. The molecule has 3 aliphatic rings. The Hall–Kier alpha value is -1.97. The zero-order valence-electron chi connectivity index (χ0n) is 17.4. The normalized spacial score (nSPS) is 33.5. The second kappa shape index (κ2) is 8.88. The molecule has 3 unspecified atom stereocenters. The Morgan fingerprint density at radius 1 is 1.29 bits per heavy atom. The fourth-order valence-corrected chi connectivity index (χ4v) is 6.25. The Balaban J connectivity index is 1.65. The SMILES string of the molecule is CCCCNC(=O)C1N(CCO)C(=O)[C@@H]2[C@@H](C(=O)Nc3ccccc3)[C@@H]3OC12CC3Br. The van der Waals surface area contributed by atoms with Gasteiger partial charge in [0.2, 0.25) is 17.7 Å². The van der Waals surface area contributed by atoms with Crippen LogP contribution in [0.1, 0.15) is 26.2 Å². The molecule has 2 bridgehead atoms. The first-order valence-electron chi connectivity index (χ1n) is 10.8. The molecule has 0 aromatic heterocycles. The second-order valence-electron chi connectivity index (χ2n) is 8.42. The van der Waals surface area contributed by atoms with Crippen molar-refractivity contribution in [2.45, 2.75) is 48.8 Å². The maximum atomic E-state index is 13.4. The Morgan fingerprint density at radius 2 is 2.03 bits per heavy atom. The van der Waals surface area contributed by atoms with Gasteiger partial charge in [0.1, 0.15) is 11.6 Å². The molecule has 3 amide bonds. The molecule has 1 aromatic rings. The van der Waals surface area contributed by atoms with Gasteiger partial charge >= 0.3 is 0 Å². The Bertz CT molecular complexity index is 853. The molecule has 3 heterocycles. The van der Waals surface area contributed by atoms with E-state index in [0.29, 0.717) is 18.7 Å². The summed E-state index contributed by atoms with van der Waals surface area (Å²) in [5, 5.41) is 15.4. The van der Waals surface area contributed by atoms with Gasteiger partial charge in [0, 0.05) is 23.6 Å². The molecule has 1 spiro atoms. The Morgan fingerprint density at radius 3 is 2.71 bits per heavy atom. The number of aliphatic hydroxyl groups is 1. The number of hydrogen-bond acceptors (Lipinski definition) is 5. The van der Waals surface area contributed by atoms with Gasteiger partial charge in [-0.05, 0) is 25.0 Å². The molecule has 3 aliphatic heterocycles. The number of carbonyl (C=O) groups excluding carboxylic acids is 3. The van der Waals surface area contributed by atoms with Crippen molar-refractivity contribution in [2.24, 2.45) is 11.8 Å². The highest BCUT2D eigenvalue weighted by Gasteiger charge is 2.76. The summed E-state index contributed by atoms with van der Waals surface area (Å²) in [5.41, 5.74) is -0.443. The highest BCUT2D eigenvalue weighted by molar-refractivity contribution is 9.09. The fraction of sp³-hybridized carbons (Fsp3) is 0.591. The van der Waals surface area contributed by atoms with E-state index in [1.54, 1.807) is 12.1 Å². The number of alkyl halides is 1. The van der Waals surface area contributed by atoms with E-state index in [4.69, 9.17) is 4.74 Å². The number of aliphatic hydroxyl groups excluding tert-OH is 1. The van der Waals surface area contributed by atoms with Crippen molar-refractivity contribution < 1.29 is 24.2 Å². The maximum Gasteiger partial charge on any atom is 0.245 e. The smallest absolute Gasteiger partial charge is 0.245 e. The van der Waals surface area contributed by atoms with Crippen molar-refractivity contribution in [3.8, 4) is 0 Å². The molecule has 9 heteroatoms. The van der Waals surface area contributed by atoms with Crippen molar-refractivity contribution in [1.82, 2.24) is 10.2 Å². The number of halogens is 1. The number of rotatable bonds is 8. The Labute approximate surface area is 189 Å². The third-order valence-electron chi connectivity index (χ3n) is 6.55. The zero-order valence-corrected chi connectivity index (χ0v) is 19.0. The molecule has 6 atom stereocenters. The summed E-state index contributed by atoms with van der Waals surface area (Å²) in [5.74, 6) is -2.37. The van der Waals surface area contributed by atoms with E-state index in [0.717, 1.165) is 12.8 Å². The molecule has 3 fully saturated rings. The molecule has 4 rings (SSSR count). The van der Waals surface area contributed by atoms with Gasteiger partial charge in [0.05, 0.1) is 24.5 Å². The first-order valence-corrected chi connectivity index (χ1v) is 11.7. The topological polar surface area (TPSA) is 108 Å². The number of amides is 3. The molecular weight excluding hydrogens is 466 g/mol. The van der Waals surface area contributed by atoms with E-state index in [-0.39, 0.29) is 35.7 Å². The van der Waals surface area contributed by atoms with Gasteiger partial charge in [-0.1, -0.05) is 47.5 Å². The average Bonchev–Trinajstić information content (AvgIpc) is 3.33. The minimum Gasteiger partial charge on any atom is -0.395 e. The summed E-state index contributed by atoms with van der Waals surface area (Å²) in [4.78, 5) is 41.1. The first kappa shape index (κ1) is 22.2. The standard InChI is InChI=1S/C22H28BrN3O5/c1-2-3-9-24-20(29)18-22-12-14(23)17(31-22)15(16(22)21(30)26(18)10-11-27)19(28)25-13-7-5-4-6-8-13/h4-8,14-18,27H,2-3,9-12H2,1H3,(H,24,29)(H,25,28)/t14?,15-,16+,17-,18?,22?/m1/s1. The van der Waals surface area contributed by atoms with E-state index >= 15 is 0 Å². The van der Waals surface area contributed by atoms with Crippen molar-refractivity contribution in [2.75, 3.05) is 25.0 Å². The molecule has 168 valence electrons. The van der Waals surface area contributed by atoms with Crippen molar-refractivity contribution in [1.29, 1.82) is 0 Å². The van der Waals surface area contributed by atoms with E-state index in [1.807, 2.05) is 25.1 Å². The van der Waals surface area contributed by atoms with E-state index in [1.165, 1.54) is 4.90 Å². The lowest BCUT2D eigenvalue weighted by molar-refractivity contribution is -0.141. The number of nitrogens with zero attached hydrogens (tertiary/aromatic N) is 1. The lowest BCUT2D eigenvalue weighted by atomic mass is 9.70. The molecule has 3 saturated heterocycles. The van der Waals surface area contributed by atoms with Crippen LogP contribution in [0.4, 0.5) is 5.69 Å². The van der Waals surface area contributed by atoms with Crippen molar-refractivity contribution in [3.05, 3.63) is 30.3 Å². The zero-order chi connectivity index (χ0) is 22.2. The molecule has 31 heavy (non-hydrogen) atoms. The number of β-amino-alcohol motifs (C(OH)–C–C–N with tert-alkyl or cyclic N) is 1. The van der Waals surface area contributed by atoms with Crippen LogP contribution < -0.4 is 10.6 Å². The molecule has 1 aromatic carbocycles. The van der Waals surface area contributed by atoms with Crippen LogP contribution >= 0.6 is 15.9 Å². The lowest BCUT2D eigenvalue weighted by Crippen LogP contribution is -2.56. The largest absolute Gasteiger partial charge is 0.395 e. The fourth-order valence-electron chi connectivity index (χ4n) is 5.31. The number of likely N-dealkylation sites (tertiary alicyclic amines) is 1. The maximum absolute atomic E-state index is 13.4. The highest BCUT2D eigenvalue weighted by Crippen LogP contribution is 2.60. The van der Waals surface area contributed by atoms with Crippen LogP contribution in [0, 0.1) is 11.8 Å². The minimum atomic E-state index is -1.08. The summed E-state index contributed by atoms with van der Waals surface area (Å²) in [6.45, 7) is 2.30. The van der Waals surface area contributed by atoms with Gasteiger partial charge in [0.25, 0.3) is 0 Å². The summed E-state index contributed by atoms with van der Waals surface area (Å²) >= 11 is 3.62. The van der Waals surface area contributed by atoms with E-state index in [9.17, 15) is 19.5 Å². The van der Waals surface area contributed by atoms with E-state index < -0.39 is 29.6 Å². The van der Waals surface area contributed by atoms with Gasteiger partial charge in [-0.15, -0.1) is 0 Å². The third kappa shape index (κ3) is 3.66. The molecule has 0 radical (unpaired) electrons. The quantitative estimate of drug-likeness (QED) is 0.373. The summed E-state index contributed by atoms with van der Waals surface area (Å²) in [6, 6.07) is 8.20. The van der Waals surface area contributed by atoms with Crippen molar-refractivity contribution >= 4 is 39.3 Å². The first-order chi connectivity index (χ1) is 14.9. The van der Waals surface area contributed by atoms with Gasteiger partial charge in [-0.3, -0.25) is 14.4 Å². The number of hydrogen-bond donors (Lipinski definition) is 3. The van der Waals surface area contributed by atoms with Gasteiger partial charge in [0.15, 0.2) is 0 Å². The number of fused-ring (bicyclic) bond motifs is 1. The minimum absolute atomic E-state index is 0.0248. The number of para-hydroxylation sites is 1. The predicted octanol–water partition coefficient (Wildman–Crippen LogP) is 1.28. The average molecular weight is 494 g/mol. The highest BCUT2D eigenvalue weighted by atomic mass is 79.9. The summed E-state index contributed by atoms with van der Waals surface area (Å²) in [6.07, 6.45) is 1.72. The van der Waals surface area contributed by atoms with Crippen LogP contribution in [-0.4, -0.2) is 70.0 Å². The van der Waals surface area contributed by atoms with Crippen LogP contribution in [0.25, 0.3) is 0 Å². The molecule has 8 nitrogen and oxygen atoms in total. The molecule has 0 saturated carbocycles.